The maximum absolute atomic E-state index is 12.4. The number of hydrogen-bond donors (Lipinski definition) is 0. The van der Waals surface area contributed by atoms with Crippen molar-refractivity contribution in [1.29, 1.82) is 0 Å². The number of likely N-dealkylation sites (tertiary alicyclic amines) is 1. The van der Waals surface area contributed by atoms with Gasteiger partial charge in [-0.05, 0) is 0 Å². The van der Waals surface area contributed by atoms with Gasteiger partial charge in [0.25, 0.3) is 0 Å². The number of rotatable bonds is 2. The van der Waals surface area contributed by atoms with Gasteiger partial charge in [-0.25, -0.2) is 0 Å². The summed E-state index contributed by atoms with van der Waals surface area (Å²) in [5.74, 6) is -1.62. The van der Waals surface area contributed by atoms with Gasteiger partial charge in [-0.1, -0.05) is 12.2 Å². The zero-order chi connectivity index (χ0) is 14.6. The SMILES string of the molecule is O=C(CN1C(=O)[C@@H]2[C@H](C1=O)[C@@H]1C=C[C@H]2O1)N1CCOCC1. The molecule has 4 aliphatic heterocycles. The number of carbonyl (C=O) groups excluding carboxylic acids is 3. The van der Waals surface area contributed by atoms with E-state index in [0.29, 0.717) is 26.3 Å². The highest BCUT2D eigenvalue weighted by atomic mass is 16.5. The number of carbonyl (C=O) groups is 3. The Hall–Kier alpha value is -1.73. The van der Waals surface area contributed by atoms with Gasteiger partial charge >= 0.3 is 0 Å². The largest absolute Gasteiger partial charge is 0.378 e. The summed E-state index contributed by atoms with van der Waals surface area (Å²) in [5.41, 5.74) is 0. The van der Waals surface area contributed by atoms with E-state index < -0.39 is 11.8 Å². The molecule has 2 bridgehead atoms. The van der Waals surface area contributed by atoms with Gasteiger partial charge in [-0.15, -0.1) is 0 Å². The van der Waals surface area contributed by atoms with Gasteiger partial charge < -0.3 is 14.4 Å². The van der Waals surface area contributed by atoms with Crippen molar-refractivity contribution in [3.8, 4) is 0 Å². The Kier molecular flexibility index (Phi) is 2.87. The maximum atomic E-state index is 12.4. The van der Waals surface area contributed by atoms with Crippen molar-refractivity contribution in [1.82, 2.24) is 9.80 Å². The van der Waals surface area contributed by atoms with Crippen LogP contribution in [0.3, 0.4) is 0 Å². The number of nitrogens with zero attached hydrogens (tertiary/aromatic N) is 2. The van der Waals surface area contributed by atoms with Crippen LogP contribution >= 0.6 is 0 Å². The summed E-state index contributed by atoms with van der Waals surface area (Å²) in [6.45, 7) is 1.86. The highest BCUT2D eigenvalue weighted by Gasteiger charge is 2.60. The van der Waals surface area contributed by atoms with Crippen molar-refractivity contribution in [3.63, 3.8) is 0 Å². The molecule has 7 heteroatoms. The maximum Gasteiger partial charge on any atom is 0.242 e. The molecular formula is C14H16N2O5. The molecule has 0 spiro atoms. The van der Waals surface area contributed by atoms with Crippen molar-refractivity contribution in [2.75, 3.05) is 32.8 Å². The molecule has 3 amide bonds. The molecule has 3 saturated heterocycles. The molecule has 21 heavy (non-hydrogen) atoms. The Bertz CT molecular complexity index is 509. The first-order valence-electron chi connectivity index (χ1n) is 7.21. The molecule has 0 saturated carbocycles. The topological polar surface area (TPSA) is 76.2 Å². The molecule has 4 aliphatic rings. The average molecular weight is 292 g/mol. The predicted molar refractivity (Wildman–Crippen MR) is 68.9 cm³/mol. The lowest BCUT2D eigenvalue weighted by Gasteiger charge is -2.28. The number of fused-ring (bicyclic) bond motifs is 5. The normalized spacial score (nSPS) is 37.5. The molecule has 112 valence electrons. The first-order chi connectivity index (χ1) is 10.2. The quantitative estimate of drug-likeness (QED) is 0.471. The van der Waals surface area contributed by atoms with E-state index in [1.165, 1.54) is 0 Å². The van der Waals surface area contributed by atoms with Gasteiger partial charge in [0.2, 0.25) is 17.7 Å². The summed E-state index contributed by atoms with van der Waals surface area (Å²) in [5, 5.41) is 0. The minimum absolute atomic E-state index is 0.163. The Labute approximate surface area is 121 Å². The fourth-order valence-corrected chi connectivity index (χ4v) is 3.57. The number of ether oxygens (including phenoxy) is 2. The number of amides is 3. The highest BCUT2D eigenvalue weighted by Crippen LogP contribution is 2.44. The van der Waals surface area contributed by atoms with E-state index in [2.05, 4.69) is 0 Å². The van der Waals surface area contributed by atoms with E-state index in [-0.39, 0.29) is 36.5 Å². The molecule has 7 nitrogen and oxygen atoms in total. The first kappa shape index (κ1) is 13.0. The zero-order valence-corrected chi connectivity index (χ0v) is 11.4. The Morgan fingerprint density at radius 1 is 1.10 bits per heavy atom. The summed E-state index contributed by atoms with van der Waals surface area (Å²) in [7, 11) is 0. The lowest BCUT2D eigenvalue weighted by Crippen LogP contribution is -2.47. The van der Waals surface area contributed by atoms with E-state index in [1.807, 2.05) is 12.2 Å². The molecule has 0 aromatic rings. The van der Waals surface area contributed by atoms with Crippen molar-refractivity contribution in [3.05, 3.63) is 12.2 Å². The first-order valence-corrected chi connectivity index (χ1v) is 7.21. The van der Waals surface area contributed by atoms with Crippen LogP contribution in [0.25, 0.3) is 0 Å². The summed E-state index contributed by atoms with van der Waals surface area (Å²) in [6, 6.07) is 0. The summed E-state index contributed by atoms with van der Waals surface area (Å²) in [4.78, 5) is 39.8. The number of morpholine rings is 1. The molecule has 0 aromatic heterocycles. The molecule has 3 fully saturated rings. The van der Waals surface area contributed by atoms with Gasteiger partial charge in [-0.2, -0.15) is 0 Å². The molecule has 0 N–H and O–H groups in total. The van der Waals surface area contributed by atoms with Gasteiger partial charge in [0.1, 0.15) is 6.54 Å². The zero-order valence-electron chi connectivity index (χ0n) is 11.4. The third-order valence-electron chi connectivity index (χ3n) is 4.66. The van der Waals surface area contributed by atoms with Crippen molar-refractivity contribution >= 4 is 17.7 Å². The van der Waals surface area contributed by atoms with Crippen LogP contribution in [0.15, 0.2) is 12.2 Å². The Morgan fingerprint density at radius 3 is 2.24 bits per heavy atom. The van der Waals surface area contributed by atoms with Crippen LogP contribution in [0.4, 0.5) is 0 Å². The van der Waals surface area contributed by atoms with Gasteiger partial charge in [0.15, 0.2) is 0 Å². The van der Waals surface area contributed by atoms with Gasteiger partial charge in [0, 0.05) is 13.1 Å². The van der Waals surface area contributed by atoms with Crippen LogP contribution in [0.5, 0.6) is 0 Å². The molecule has 0 unspecified atom stereocenters. The minimum Gasteiger partial charge on any atom is -0.378 e. The third-order valence-corrected chi connectivity index (χ3v) is 4.66. The predicted octanol–water partition coefficient (Wildman–Crippen LogP) is -1.22. The average Bonchev–Trinajstić information content (AvgIpc) is 3.18. The molecule has 4 rings (SSSR count). The van der Waals surface area contributed by atoms with E-state index in [0.717, 1.165) is 4.90 Å². The van der Waals surface area contributed by atoms with Crippen LogP contribution in [0.1, 0.15) is 0 Å². The highest BCUT2D eigenvalue weighted by molar-refractivity contribution is 6.08. The number of hydrogen-bond acceptors (Lipinski definition) is 5. The second kappa shape index (κ2) is 4.64. The molecule has 0 radical (unpaired) electrons. The third kappa shape index (κ3) is 1.84. The van der Waals surface area contributed by atoms with Gasteiger partial charge in [0.05, 0.1) is 37.3 Å². The monoisotopic (exact) mass is 292 g/mol. The standard InChI is InChI=1S/C14H16N2O5/c17-10(15-3-5-20-6-4-15)7-16-13(18)11-8-1-2-9(21-8)12(11)14(16)19/h1-2,8-9,11-12H,3-7H2/t8-,9+,11+,12-. The molecular weight excluding hydrogens is 276 g/mol. The second-order valence-electron chi connectivity index (χ2n) is 5.76. The van der Waals surface area contributed by atoms with E-state index in [9.17, 15) is 14.4 Å². The summed E-state index contributed by atoms with van der Waals surface area (Å²) < 4.78 is 10.8. The Balaban J connectivity index is 1.48. The number of imide groups is 1. The fourth-order valence-electron chi connectivity index (χ4n) is 3.57. The van der Waals surface area contributed by atoms with Crippen LogP contribution in [0, 0.1) is 11.8 Å². The van der Waals surface area contributed by atoms with Gasteiger partial charge in [-0.3, -0.25) is 19.3 Å². The summed E-state index contributed by atoms with van der Waals surface area (Å²) >= 11 is 0. The molecule has 4 atom stereocenters. The van der Waals surface area contributed by atoms with Crippen LogP contribution in [0.2, 0.25) is 0 Å². The van der Waals surface area contributed by atoms with Crippen molar-refractivity contribution in [2.45, 2.75) is 12.2 Å². The molecule has 0 aromatic carbocycles. The lowest BCUT2D eigenvalue weighted by molar-refractivity contribution is -0.149. The molecule has 4 heterocycles. The van der Waals surface area contributed by atoms with Crippen LogP contribution in [-0.4, -0.2) is 72.6 Å². The Morgan fingerprint density at radius 2 is 1.67 bits per heavy atom. The fraction of sp³-hybridized carbons (Fsp3) is 0.643. The van der Waals surface area contributed by atoms with Crippen LogP contribution in [-0.2, 0) is 23.9 Å². The van der Waals surface area contributed by atoms with E-state index >= 15 is 0 Å². The van der Waals surface area contributed by atoms with Crippen LogP contribution < -0.4 is 0 Å². The lowest BCUT2D eigenvalue weighted by atomic mass is 9.85. The minimum atomic E-state index is -0.440. The van der Waals surface area contributed by atoms with E-state index in [1.54, 1.807) is 4.90 Å². The van der Waals surface area contributed by atoms with E-state index in [4.69, 9.17) is 9.47 Å². The second-order valence-corrected chi connectivity index (χ2v) is 5.76. The smallest absolute Gasteiger partial charge is 0.242 e. The van der Waals surface area contributed by atoms with Crippen molar-refractivity contribution in [2.24, 2.45) is 11.8 Å². The molecule has 0 aliphatic carbocycles. The van der Waals surface area contributed by atoms with Crippen molar-refractivity contribution < 1.29 is 23.9 Å². The summed E-state index contributed by atoms with van der Waals surface area (Å²) in [6.07, 6.45) is 3.06.